The molecule has 6 nitrogen and oxygen atoms in total. The van der Waals surface area contributed by atoms with Crippen molar-refractivity contribution < 1.29 is 14.6 Å². The highest BCUT2D eigenvalue weighted by Crippen LogP contribution is 2.32. The maximum absolute atomic E-state index is 12.5. The number of hydrogen-bond acceptors (Lipinski definition) is 5. The standard InChI is InChI=1S/C24H29N3O3/c1-24(2,3)30-23(29)26-12-13-27(21(16-26)17-28)22(19-9-5-4-6-10-19)20-11-7-8-18(14-20)15-25/h4-11,14,21-22,28H,12-13,16-17H2,1-3H3/t21-,22?/m0/s1. The fourth-order valence-electron chi connectivity index (χ4n) is 3.85. The molecule has 2 aromatic carbocycles. The van der Waals surface area contributed by atoms with E-state index in [1.165, 1.54) is 0 Å². The number of hydrogen-bond donors (Lipinski definition) is 1. The number of carbonyl (C=O) groups excluding carboxylic acids is 1. The fourth-order valence-corrected chi connectivity index (χ4v) is 3.85. The summed E-state index contributed by atoms with van der Waals surface area (Å²) in [5.74, 6) is 0. The van der Waals surface area contributed by atoms with E-state index in [1.54, 1.807) is 11.0 Å². The number of nitriles is 1. The lowest BCUT2D eigenvalue weighted by Gasteiger charge is -2.45. The van der Waals surface area contributed by atoms with E-state index in [4.69, 9.17) is 4.74 Å². The molecule has 1 saturated heterocycles. The molecule has 30 heavy (non-hydrogen) atoms. The molecule has 158 valence electrons. The molecule has 0 aliphatic carbocycles. The summed E-state index contributed by atoms with van der Waals surface area (Å²) in [5.41, 5.74) is 2.11. The molecule has 1 N–H and O–H groups in total. The summed E-state index contributed by atoms with van der Waals surface area (Å²) in [4.78, 5) is 16.4. The van der Waals surface area contributed by atoms with E-state index < -0.39 is 5.60 Å². The van der Waals surface area contributed by atoms with E-state index in [0.717, 1.165) is 11.1 Å². The van der Waals surface area contributed by atoms with Crippen LogP contribution in [0.2, 0.25) is 0 Å². The third-order valence-electron chi connectivity index (χ3n) is 5.17. The van der Waals surface area contributed by atoms with Crippen LogP contribution in [0.5, 0.6) is 0 Å². The average Bonchev–Trinajstić information content (AvgIpc) is 2.74. The predicted molar refractivity (Wildman–Crippen MR) is 115 cm³/mol. The van der Waals surface area contributed by atoms with Crippen molar-refractivity contribution in [1.29, 1.82) is 5.26 Å². The minimum atomic E-state index is -0.562. The molecule has 1 aliphatic heterocycles. The van der Waals surface area contributed by atoms with Gasteiger partial charge in [-0.1, -0.05) is 42.5 Å². The van der Waals surface area contributed by atoms with Gasteiger partial charge in [-0.3, -0.25) is 4.90 Å². The summed E-state index contributed by atoms with van der Waals surface area (Å²) in [5, 5.41) is 19.5. The fraction of sp³-hybridized carbons (Fsp3) is 0.417. The summed E-state index contributed by atoms with van der Waals surface area (Å²) in [6, 6.07) is 19.5. The lowest BCUT2D eigenvalue weighted by molar-refractivity contribution is -0.0115. The van der Waals surface area contributed by atoms with Crippen LogP contribution in [0.25, 0.3) is 0 Å². The number of ether oxygens (including phenoxy) is 1. The summed E-state index contributed by atoms with van der Waals surface area (Å²) < 4.78 is 5.52. The molecule has 0 aromatic heterocycles. The normalized spacial score (nSPS) is 18.5. The molecule has 1 unspecified atom stereocenters. The number of amides is 1. The monoisotopic (exact) mass is 407 g/mol. The van der Waals surface area contributed by atoms with E-state index in [-0.39, 0.29) is 24.8 Å². The van der Waals surface area contributed by atoms with E-state index in [1.807, 2.05) is 57.2 Å². The van der Waals surface area contributed by atoms with E-state index in [9.17, 15) is 15.2 Å². The van der Waals surface area contributed by atoms with Gasteiger partial charge in [0, 0.05) is 19.6 Å². The molecule has 6 heteroatoms. The number of rotatable bonds is 4. The summed E-state index contributed by atoms with van der Waals surface area (Å²) in [6.45, 7) is 6.93. The number of benzene rings is 2. The van der Waals surface area contributed by atoms with Crippen molar-refractivity contribution in [3.8, 4) is 6.07 Å². The van der Waals surface area contributed by atoms with Crippen molar-refractivity contribution in [2.75, 3.05) is 26.2 Å². The lowest BCUT2D eigenvalue weighted by Crippen LogP contribution is -2.57. The van der Waals surface area contributed by atoms with E-state index >= 15 is 0 Å². The lowest BCUT2D eigenvalue weighted by atomic mass is 9.93. The molecule has 1 fully saturated rings. The first-order valence-corrected chi connectivity index (χ1v) is 10.2. The van der Waals surface area contributed by atoms with Gasteiger partial charge < -0.3 is 14.7 Å². The number of aliphatic hydroxyl groups is 1. The smallest absolute Gasteiger partial charge is 0.410 e. The van der Waals surface area contributed by atoms with Crippen molar-refractivity contribution in [1.82, 2.24) is 9.80 Å². The number of carbonyl (C=O) groups is 1. The first-order chi connectivity index (χ1) is 14.3. The van der Waals surface area contributed by atoms with Gasteiger partial charge in [-0.25, -0.2) is 4.79 Å². The van der Waals surface area contributed by atoms with Crippen LogP contribution in [0.3, 0.4) is 0 Å². The Labute approximate surface area is 178 Å². The minimum Gasteiger partial charge on any atom is -0.444 e. The number of piperazine rings is 1. The summed E-state index contributed by atoms with van der Waals surface area (Å²) in [7, 11) is 0. The van der Waals surface area contributed by atoms with Crippen LogP contribution < -0.4 is 0 Å². The van der Waals surface area contributed by atoms with Gasteiger partial charge in [-0.05, 0) is 44.0 Å². The molecule has 0 radical (unpaired) electrons. The molecule has 3 rings (SSSR count). The molecule has 0 saturated carbocycles. The van der Waals surface area contributed by atoms with Gasteiger partial charge in [0.05, 0.1) is 30.3 Å². The van der Waals surface area contributed by atoms with Gasteiger partial charge in [0.15, 0.2) is 0 Å². The first-order valence-electron chi connectivity index (χ1n) is 10.2. The van der Waals surface area contributed by atoms with Crippen molar-refractivity contribution >= 4 is 6.09 Å². The predicted octanol–water partition coefficient (Wildman–Crippen LogP) is 3.56. The highest BCUT2D eigenvalue weighted by atomic mass is 16.6. The van der Waals surface area contributed by atoms with E-state index in [0.29, 0.717) is 25.2 Å². The molecule has 2 aromatic rings. The number of nitrogens with zero attached hydrogens (tertiary/aromatic N) is 3. The van der Waals surface area contributed by atoms with Gasteiger partial charge in [0.1, 0.15) is 5.60 Å². The van der Waals surface area contributed by atoms with Crippen LogP contribution >= 0.6 is 0 Å². The van der Waals surface area contributed by atoms with Crippen LogP contribution in [0.15, 0.2) is 54.6 Å². The minimum absolute atomic E-state index is 0.0828. The molecular weight excluding hydrogens is 378 g/mol. The second-order valence-electron chi connectivity index (χ2n) is 8.55. The Bertz CT molecular complexity index is 902. The third-order valence-corrected chi connectivity index (χ3v) is 5.17. The topological polar surface area (TPSA) is 76.8 Å². The van der Waals surface area contributed by atoms with Crippen molar-refractivity contribution in [3.63, 3.8) is 0 Å². The maximum atomic E-state index is 12.5. The highest BCUT2D eigenvalue weighted by Gasteiger charge is 2.36. The Morgan fingerprint density at radius 3 is 2.50 bits per heavy atom. The van der Waals surface area contributed by atoms with Crippen molar-refractivity contribution in [2.24, 2.45) is 0 Å². The van der Waals surface area contributed by atoms with Crippen LogP contribution in [-0.2, 0) is 4.74 Å². The Morgan fingerprint density at radius 1 is 1.17 bits per heavy atom. The van der Waals surface area contributed by atoms with Gasteiger partial charge in [-0.15, -0.1) is 0 Å². The molecule has 0 spiro atoms. The van der Waals surface area contributed by atoms with Crippen LogP contribution in [0.1, 0.15) is 43.5 Å². The average molecular weight is 408 g/mol. The van der Waals surface area contributed by atoms with Gasteiger partial charge >= 0.3 is 6.09 Å². The summed E-state index contributed by atoms with van der Waals surface area (Å²) in [6.07, 6.45) is -0.358. The highest BCUT2D eigenvalue weighted by molar-refractivity contribution is 5.68. The Kier molecular flexibility index (Phi) is 6.76. The molecule has 1 amide bonds. The van der Waals surface area contributed by atoms with Crippen molar-refractivity contribution in [3.05, 3.63) is 71.3 Å². The molecule has 0 bridgehead atoms. The Morgan fingerprint density at radius 2 is 1.87 bits per heavy atom. The second kappa shape index (κ2) is 9.29. The van der Waals surface area contributed by atoms with Crippen LogP contribution in [0.4, 0.5) is 4.79 Å². The number of aliphatic hydroxyl groups excluding tert-OH is 1. The zero-order valence-electron chi connectivity index (χ0n) is 17.8. The third kappa shape index (κ3) is 5.18. The maximum Gasteiger partial charge on any atom is 0.410 e. The second-order valence-corrected chi connectivity index (χ2v) is 8.55. The molecular formula is C24H29N3O3. The molecule has 1 heterocycles. The van der Waals surface area contributed by atoms with Gasteiger partial charge in [0.2, 0.25) is 0 Å². The van der Waals surface area contributed by atoms with Gasteiger partial charge in [0.25, 0.3) is 0 Å². The van der Waals surface area contributed by atoms with Crippen LogP contribution in [-0.4, -0.2) is 58.9 Å². The SMILES string of the molecule is CC(C)(C)OC(=O)N1CCN(C(c2ccccc2)c2cccc(C#N)c2)[C@H](CO)C1. The molecule has 2 atom stereocenters. The quantitative estimate of drug-likeness (QED) is 0.839. The molecule has 1 aliphatic rings. The first kappa shape index (κ1) is 21.8. The Balaban J connectivity index is 1.90. The summed E-state index contributed by atoms with van der Waals surface area (Å²) >= 11 is 0. The largest absolute Gasteiger partial charge is 0.444 e. The zero-order valence-corrected chi connectivity index (χ0v) is 17.8. The Hall–Kier alpha value is -2.88. The van der Waals surface area contributed by atoms with E-state index in [2.05, 4.69) is 23.1 Å². The van der Waals surface area contributed by atoms with Gasteiger partial charge in [-0.2, -0.15) is 5.26 Å². The van der Waals surface area contributed by atoms with Crippen LogP contribution in [0, 0.1) is 11.3 Å². The zero-order chi connectivity index (χ0) is 21.7. The van der Waals surface area contributed by atoms with Crippen molar-refractivity contribution in [2.45, 2.75) is 38.5 Å².